The Morgan fingerprint density at radius 3 is 2.35 bits per heavy atom. The third-order valence-corrected chi connectivity index (χ3v) is 6.82. The van der Waals surface area contributed by atoms with Crippen molar-refractivity contribution in [1.29, 1.82) is 0 Å². The molecular formula is C23H29FN3O6S-. The van der Waals surface area contributed by atoms with E-state index in [1.54, 1.807) is 0 Å². The van der Waals surface area contributed by atoms with E-state index in [0.717, 1.165) is 4.31 Å². The van der Waals surface area contributed by atoms with Gasteiger partial charge in [0.25, 0.3) is 0 Å². The number of carbonyl (C=O) groups excluding carboxylic acids is 1. The number of benzene rings is 1. The minimum atomic E-state index is -3.65. The van der Waals surface area contributed by atoms with Gasteiger partial charge in [-0.15, -0.1) is 0 Å². The molecule has 0 amide bonds. The first-order valence-electron chi connectivity index (χ1n) is 10.7. The van der Waals surface area contributed by atoms with Crippen LogP contribution in [0.1, 0.15) is 50.8 Å². The van der Waals surface area contributed by atoms with Gasteiger partial charge in [-0.25, -0.2) is 27.1 Å². The summed E-state index contributed by atoms with van der Waals surface area (Å²) in [6.45, 7) is 5.21. The second kappa shape index (κ2) is 11.5. The number of nitrogens with zero attached hydrogens (tertiary/aromatic N) is 3. The molecule has 0 radical (unpaired) electrons. The first-order chi connectivity index (χ1) is 15.9. The van der Waals surface area contributed by atoms with Crippen LogP contribution >= 0.6 is 0 Å². The summed E-state index contributed by atoms with van der Waals surface area (Å²) in [6.07, 6.45) is -0.427. The summed E-state index contributed by atoms with van der Waals surface area (Å²) in [5, 5.41) is 30.6. The predicted molar refractivity (Wildman–Crippen MR) is 125 cm³/mol. The standard InChI is InChI=1S/C23H30FN3O6S/c1-5-34(32,33)27(4)23-25-21(14(2)3)19(11-10-17(28)12-18(29)13-20(30)31)22(26-23)15-6-8-16(24)9-7-15/h6-11,14,17-18,28-29H,5,12-13H2,1-4H3,(H,30,31)/p-1/b11-10+/t17-,18-/m1/s1. The lowest BCUT2D eigenvalue weighted by atomic mass is 9.97. The van der Waals surface area contributed by atoms with Gasteiger partial charge in [-0.3, -0.25) is 0 Å². The van der Waals surface area contributed by atoms with Crippen LogP contribution in [0.25, 0.3) is 17.3 Å². The summed E-state index contributed by atoms with van der Waals surface area (Å²) in [5.74, 6) is -2.27. The average molecular weight is 495 g/mol. The molecule has 1 aromatic carbocycles. The fourth-order valence-electron chi connectivity index (χ4n) is 3.21. The molecule has 0 aliphatic heterocycles. The van der Waals surface area contributed by atoms with Crippen molar-refractivity contribution in [1.82, 2.24) is 9.97 Å². The van der Waals surface area contributed by atoms with Gasteiger partial charge in [0.15, 0.2) is 0 Å². The highest BCUT2D eigenvalue weighted by atomic mass is 32.2. The molecule has 0 unspecified atom stereocenters. The SMILES string of the molecule is CCS(=O)(=O)N(C)c1nc(-c2ccc(F)cc2)c(/C=C/[C@@H](O)C[C@@H](O)CC(=O)[O-])c(C(C)C)n1. The number of aliphatic hydroxyl groups excluding tert-OH is 2. The van der Waals surface area contributed by atoms with E-state index in [-0.39, 0.29) is 24.0 Å². The number of anilines is 1. The normalized spacial score (nSPS) is 13.9. The van der Waals surface area contributed by atoms with E-state index >= 15 is 0 Å². The van der Waals surface area contributed by atoms with Gasteiger partial charge < -0.3 is 20.1 Å². The largest absolute Gasteiger partial charge is 0.550 e. The highest BCUT2D eigenvalue weighted by Gasteiger charge is 2.24. The van der Waals surface area contributed by atoms with Crippen molar-refractivity contribution < 1.29 is 32.9 Å². The number of hydrogen-bond acceptors (Lipinski definition) is 8. The molecule has 0 fully saturated rings. The van der Waals surface area contributed by atoms with E-state index in [1.165, 1.54) is 50.4 Å². The summed E-state index contributed by atoms with van der Waals surface area (Å²) >= 11 is 0. The van der Waals surface area contributed by atoms with Gasteiger partial charge in [-0.2, -0.15) is 0 Å². The Labute approximate surface area is 198 Å². The molecule has 2 N–H and O–H groups in total. The number of hydrogen-bond donors (Lipinski definition) is 2. The zero-order valence-electron chi connectivity index (χ0n) is 19.5. The van der Waals surface area contributed by atoms with Crippen LogP contribution in [-0.2, 0) is 14.8 Å². The fraction of sp³-hybridized carbons (Fsp3) is 0.435. The van der Waals surface area contributed by atoms with Crippen molar-refractivity contribution in [2.45, 2.75) is 51.7 Å². The Hall–Kier alpha value is -2.89. The van der Waals surface area contributed by atoms with Crippen molar-refractivity contribution >= 4 is 28.0 Å². The van der Waals surface area contributed by atoms with Crippen LogP contribution in [0.5, 0.6) is 0 Å². The van der Waals surface area contributed by atoms with Gasteiger partial charge in [-0.1, -0.05) is 26.0 Å². The summed E-state index contributed by atoms with van der Waals surface area (Å²) in [4.78, 5) is 19.5. The number of aromatic nitrogens is 2. The number of rotatable bonds is 11. The molecule has 186 valence electrons. The van der Waals surface area contributed by atoms with E-state index in [1.807, 2.05) is 13.8 Å². The highest BCUT2D eigenvalue weighted by Crippen LogP contribution is 2.32. The molecule has 0 aliphatic rings. The van der Waals surface area contributed by atoms with Crippen LogP contribution in [-0.4, -0.2) is 59.6 Å². The molecule has 2 aromatic rings. The minimum absolute atomic E-state index is 0.0491. The topological polar surface area (TPSA) is 144 Å². The maximum atomic E-state index is 13.5. The molecule has 2 atom stereocenters. The van der Waals surface area contributed by atoms with Crippen molar-refractivity contribution in [3.63, 3.8) is 0 Å². The van der Waals surface area contributed by atoms with E-state index in [0.29, 0.717) is 22.5 Å². The van der Waals surface area contributed by atoms with Crippen LogP contribution in [0.15, 0.2) is 30.3 Å². The van der Waals surface area contributed by atoms with Crippen LogP contribution in [0.3, 0.4) is 0 Å². The monoisotopic (exact) mass is 494 g/mol. The molecule has 0 spiro atoms. The van der Waals surface area contributed by atoms with Crippen LogP contribution in [0.4, 0.5) is 10.3 Å². The Kier molecular flexibility index (Phi) is 9.25. The van der Waals surface area contributed by atoms with Gasteiger partial charge in [0.05, 0.1) is 29.3 Å². The van der Waals surface area contributed by atoms with Crippen LogP contribution in [0, 0.1) is 5.82 Å². The molecule has 0 bridgehead atoms. The lowest BCUT2D eigenvalue weighted by Gasteiger charge is -2.21. The Balaban J connectivity index is 2.63. The molecule has 1 heterocycles. The number of sulfonamides is 1. The molecule has 0 saturated carbocycles. The second-order valence-electron chi connectivity index (χ2n) is 8.09. The predicted octanol–water partition coefficient (Wildman–Crippen LogP) is 1.46. The minimum Gasteiger partial charge on any atom is -0.550 e. The fourth-order valence-corrected chi connectivity index (χ4v) is 3.92. The quantitative estimate of drug-likeness (QED) is 0.478. The molecule has 34 heavy (non-hydrogen) atoms. The van der Waals surface area contributed by atoms with E-state index in [9.17, 15) is 32.9 Å². The Morgan fingerprint density at radius 1 is 1.21 bits per heavy atom. The van der Waals surface area contributed by atoms with Crippen molar-refractivity contribution in [2.24, 2.45) is 0 Å². The zero-order valence-corrected chi connectivity index (χ0v) is 20.3. The Bertz CT molecular complexity index is 1140. The van der Waals surface area contributed by atoms with E-state index < -0.39 is 40.4 Å². The van der Waals surface area contributed by atoms with Gasteiger partial charge in [-0.05, 0) is 37.1 Å². The van der Waals surface area contributed by atoms with E-state index in [2.05, 4.69) is 9.97 Å². The number of aliphatic carboxylic acids is 1. The molecule has 11 heteroatoms. The highest BCUT2D eigenvalue weighted by molar-refractivity contribution is 7.92. The molecular weight excluding hydrogens is 465 g/mol. The zero-order chi connectivity index (χ0) is 25.6. The summed E-state index contributed by atoms with van der Waals surface area (Å²) < 4.78 is 39.4. The average Bonchev–Trinajstić information content (AvgIpc) is 2.76. The van der Waals surface area contributed by atoms with Crippen molar-refractivity contribution in [3.8, 4) is 11.3 Å². The lowest BCUT2D eigenvalue weighted by molar-refractivity contribution is -0.307. The van der Waals surface area contributed by atoms with Crippen LogP contribution in [0.2, 0.25) is 0 Å². The maximum Gasteiger partial charge on any atom is 0.239 e. The number of carboxylic acid groups (broad SMARTS) is 1. The first kappa shape index (κ1) is 27.4. The van der Waals surface area contributed by atoms with Gasteiger partial charge in [0.2, 0.25) is 16.0 Å². The molecule has 9 nitrogen and oxygen atoms in total. The molecule has 0 aliphatic carbocycles. The Morgan fingerprint density at radius 2 is 1.82 bits per heavy atom. The summed E-state index contributed by atoms with van der Waals surface area (Å²) in [6, 6.07) is 5.49. The van der Waals surface area contributed by atoms with Crippen molar-refractivity contribution in [2.75, 3.05) is 17.1 Å². The van der Waals surface area contributed by atoms with E-state index in [4.69, 9.17) is 0 Å². The second-order valence-corrected chi connectivity index (χ2v) is 10.4. The number of halogens is 1. The lowest BCUT2D eigenvalue weighted by Crippen LogP contribution is -2.30. The maximum absolute atomic E-state index is 13.5. The first-order valence-corrected chi connectivity index (χ1v) is 12.3. The molecule has 0 saturated heterocycles. The molecule has 1 aromatic heterocycles. The van der Waals surface area contributed by atoms with Gasteiger partial charge in [0, 0.05) is 37.0 Å². The van der Waals surface area contributed by atoms with Crippen LogP contribution < -0.4 is 9.41 Å². The molecule has 2 rings (SSSR count). The van der Waals surface area contributed by atoms with Gasteiger partial charge in [0.1, 0.15) is 5.82 Å². The number of carbonyl (C=O) groups is 1. The summed E-state index contributed by atoms with van der Waals surface area (Å²) in [5.41, 5.74) is 1.79. The van der Waals surface area contributed by atoms with Gasteiger partial charge >= 0.3 is 0 Å². The van der Waals surface area contributed by atoms with Crippen molar-refractivity contribution in [3.05, 3.63) is 47.4 Å². The number of aliphatic hydroxyl groups is 2. The third kappa shape index (κ3) is 7.05. The smallest absolute Gasteiger partial charge is 0.239 e. The third-order valence-electron chi connectivity index (χ3n) is 5.09. The summed E-state index contributed by atoms with van der Waals surface area (Å²) in [7, 11) is -2.30. The number of carboxylic acids is 1.